The average molecular weight is 285 g/mol. The van der Waals surface area contributed by atoms with E-state index in [1.54, 1.807) is 20.8 Å². The van der Waals surface area contributed by atoms with Crippen LogP contribution in [0.1, 0.15) is 33.6 Å². The minimum atomic E-state index is 0. The summed E-state index contributed by atoms with van der Waals surface area (Å²) in [6.07, 6.45) is 3.41. The van der Waals surface area contributed by atoms with Crippen molar-refractivity contribution in [3.05, 3.63) is 19.8 Å². The predicted molar refractivity (Wildman–Crippen MR) is 69.0 cm³/mol. The Kier molecular flexibility index (Phi) is 99.5. The molecular formula is C12H29O4Ti-. The van der Waals surface area contributed by atoms with E-state index in [-0.39, 0.29) is 41.5 Å². The molecule has 0 aromatic carbocycles. The molecule has 0 atom stereocenters. The molecule has 0 aliphatic carbocycles. The molecule has 0 heterocycles. The maximum absolute atomic E-state index is 7.57. The van der Waals surface area contributed by atoms with Gasteiger partial charge >= 0.3 is 0 Å². The van der Waals surface area contributed by atoms with Gasteiger partial charge in [0.15, 0.2) is 0 Å². The SMILES string of the molecule is C=COCCC[CH2-].CCO.CCO.CCO.[Ti]. The molecule has 0 aliphatic rings. The summed E-state index contributed by atoms with van der Waals surface area (Å²) in [7, 11) is 0. The van der Waals surface area contributed by atoms with E-state index < -0.39 is 0 Å². The third-order valence-electron chi connectivity index (χ3n) is 0.630. The second kappa shape index (κ2) is 55.9. The maximum atomic E-state index is 7.57. The molecule has 3 N–H and O–H groups in total. The Labute approximate surface area is 122 Å². The summed E-state index contributed by atoms with van der Waals surface area (Å²) in [4.78, 5) is 0. The molecule has 106 valence electrons. The van der Waals surface area contributed by atoms with Crippen LogP contribution in [0.2, 0.25) is 0 Å². The first-order valence-corrected chi connectivity index (χ1v) is 5.50. The van der Waals surface area contributed by atoms with Gasteiger partial charge in [-0.25, -0.2) is 0 Å². The number of unbranched alkanes of at least 4 members (excludes halogenated alkanes) is 1. The number of aliphatic hydroxyl groups is 3. The first-order chi connectivity index (χ1) is 7.66. The summed E-state index contributed by atoms with van der Waals surface area (Å²) in [6, 6.07) is 0. The van der Waals surface area contributed by atoms with Gasteiger partial charge in [0.1, 0.15) is 0 Å². The van der Waals surface area contributed by atoms with E-state index in [1.807, 2.05) is 0 Å². The molecule has 0 aromatic rings. The van der Waals surface area contributed by atoms with Gasteiger partial charge in [-0.2, -0.15) is 6.42 Å². The van der Waals surface area contributed by atoms with Crippen LogP contribution >= 0.6 is 0 Å². The smallest absolute Gasteiger partial charge is 0.0848 e. The van der Waals surface area contributed by atoms with Crippen LogP contribution in [-0.2, 0) is 26.5 Å². The summed E-state index contributed by atoms with van der Waals surface area (Å²) < 4.78 is 4.80. The largest absolute Gasteiger partial charge is 0.502 e. The molecule has 0 saturated carbocycles. The van der Waals surface area contributed by atoms with Crippen LogP contribution in [0.25, 0.3) is 0 Å². The van der Waals surface area contributed by atoms with Crippen LogP contribution in [0.3, 0.4) is 0 Å². The van der Waals surface area contributed by atoms with E-state index in [4.69, 9.17) is 20.1 Å². The van der Waals surface area contributed by atoms with Gasteiger partial charge < -0.3 is 27.0 Å². The minimum absolute atomic E-state index is 0. The average Bonchev–Trinajstić information content (AvgIpc) is 2.22. The van der Waals surface area contributed by atoms with Crippen molar-refractivity contribution in [3.8, 4) is 0 Å². The van der Waals surface area contributed by atoms with Crippen LogP contribution in [0.4, 0.5) is 0 Å². The van der Waals surface area contributed by atoms with Gasteiger partial charge in [-0.3, -0.25) is 0 Å². The molecule has 0 aromatic heterocycles. The van der Waals surface area contributed by atoms with Crippen molar-refractivity contribution in [2.45, 2.75) is 33.6 Å². The first-order valence-electron chi connectivity index (χ1n) is 5.50. The quantitative estimate of drug-likeness (QED) is 0.318. The summed E-state index contributed by atoms with van der Waals surface area (Å²) in [6.45, 7) is 13.6. The van der Waals surface area contributed by atoms with Crippen LogP contribution < -0.4 is 0 Å². The van der Waals surface area contributed by atoms with Crippen molar-refractivity contribution < 1.29 is 41.8 Å². The van der Waals surface area contributed by atoms with Crippen molar-refractivity contribution in [1.82, 2.24) is 0 Å². The van der Waals surface area contributed by atoms with E-state index in [0.717, 1.165) is 19.4 Å². The molecule has 0 spiro atoms. The zero-order valence-corrected chi connectivity index (χ0v) is 13.0. The Hall–Kier alpha value is 0.134. The number of ether oxygens (including phenoxy) is 1. The van der Waals surface area contributed by atoms with Crippen LogP contribution in [0.15, 0.2) is 12.8 Å². The number of aliphatic hydroxyl groups excluding tert-OH is 3. The van der Waals surface area contributed by atoms with Crippen LogP contribution in [0.5, 0.6) is 0 Å². The van der Waals surface area contributed by atoms with Crippen LogP contribution in [0, 0.1) is 6.92 Å². The standard InChI is InChI=1S/C6H11O.3C2H6O.Ti/c1-3-5-6-7-4-2;3*1-2-3;/h4H,1-3,5-6H2;3*3H,2H2,1H3;/q-1;;;;. The van der Waals surface area contributed by atoms with Gasteiger partial charge in [0.25, 0.3) is 0 Å². The fourth-order valence-corrected chi connectivity index (χ4v) is 0.269. The van der Waals surface area contributed by atoms with E-state index >= 15 is 0 Å². The van der Waals surface area contributed by atoms with E-state index in [9.17, 15) is 0 Å². The van der Waals surface area contributed by atoms with Gasteiger partial charge in [0.2, 0.25) is 0 Å². The van der Waals surface area contributed by atoms with Crippen molar-refractivity contribution in [1.29, 1.82) is 0 Å². The van der Waals surface area contributed by atoms with E-state index in [0.29, 0.717) is 0 Å². The van der Waals surface area contributed by atoms with Gasteiger partial charge in [0, 0.05) is 41.5 Å². The molecule has 0 bridgehead atoms. The predicted octanol–water partition coefficient (Wildman–Crippen LogP) is 1.75. The molecule has 0 amide bonds. The van der Waals surface area contributed by atoms with Crippen molar-refractivity contribution in [3.63, 3.8) is 0 Å². The van der Waals surface area contributed by atoms with E-state index in [2.05, 4.69) is 13.5 Å². The fourth-order valence-electron chi connectivity index (χ4n) is 0.269. The van der Waals surface area contributed by atoms with Gasteiger partial charge in [-0.15, -0.1) is 0 Å². The number of hydrogen-bond donors (Lipinski definition) is 3. The number of rotatable bonds is 4. The Morgan fingerprint density at radius 2 is 1.35 bits per heavy atom. The Bertz CT molecular complexity index is 78.2. The minimum Gasteiger partial charge on any atom is -0.502 e. The van der Waals surface area contributed by atoms with Crippen molar-refractivity contribution in [2.24, 2.45) is 0 Å². The first kappa shape index (κ1) is 30.3. The molecule has 5 heteroatoms. The maximum Gasteiger partial charge on any atom is 0.0848 e. The molecule has 4 nitrogen and oxygen atoms in total. The summed E-state index contributed by atoms with van der Waals surface area (Å²) in [5.74, 6) is 0. The van der Waals surface area contributed by atoms with Gasteiger partial charge in [-0.1, -0.05) is 6.58 Å². The monoisotopic (exact) mass is 285 g/mol. The third kappa shape index (κ3) is 189. The normalized spacial score (nSPS) is 6.53. The Balaban J connectivity index is -0.0000000411. The molecule has 0 rings (SSSR count). The Morgan fingerprint density at radius 3 is 1.53 bits per heavy atom. The van der Waals surface area contributed by atoms with Gasteiger partial charge in [-0.05, 0) is 27.2 Å². The summed E-state index contributed by atoms with van der Waals surface area (Å²) in [5, 5.41) is 22.7. The molecular weight excluding hydrogens is 256 g/mol. The molecule has 0 saturated heterocycles. The zero-order chi connectivity index (χ0) is 13.7. The van der Waals surface area contributed by atoms with Crippen molar-refractivity contribution >= 4 is 0 Å². The van der Waals surface area contributed by atoms with Crippen molar-refractivity contribution in [2.75, 3.05) is 26.4 Å². The second-order valence-electron chi connectivity index (χ2n) is 2.19. The molecule has 17 heavy (non-hydrogen) atoms. The number of hydrogen-bond acceptors (Lipinski definition) is 4. The molecule has 0 unspecified atom stereocenters. The summed E-state index contributed by atoms with van der Waals surface area (Å²) >= 11 is 0. The molecule has 0 fully saturated rings. The van der Waals surface area contributed by atoms with Gasteiger partial charge in [0.05, 0.1) is 12.9 Å². The fraction of sp³-hybridized carbons (Fsp3) is 0.750. The summed E-state index contributed by atoms with van der Waals surface area (Å²) in [5.41, 5.74) is 0. The topological polar surface area (TPSA) is 69.9 Å². The Morgan fingerprint density at radius 1 is 1.06 bits per heavy atom. The molecule has 0 radical (unpaired) electrons. The third-order valence-corrected chi connectivity index (χ3v) is 0.630. The molecule has 0 aliphatic heterocycles. The van der Waals surface area contributed by atoms with E-state index in [1.165, 1.54) is 6.26 Å². The van der Waals surface area contributed by atoms with Crippen LogP contribution in [-0.4, -0.2) is 41.7 Å². The zero-order valence-electron chi connectivity index (χ0n) is 11.5. The second-order valence-corrected chi connectivity index (χ2v) is 2.19.